The van der Waals surface area contributed by atoms with Crippen LogP contribution in [0.15, 0.2) is 33.2 Å². The number of rotatable bonds is 4. The number of aryl methyl sites for hydroxylation is 2. The number of benzene rings is 1. The fourth-order valence-corrected chi connectivity index (χ4v) is 4.31. The molecule has 0 saturated heterocycles. The lowest BCUT2D eigenvalue weighted by atomic mass is 10.3. The summed E-state index contributed by atoms with van der Waals surface area (Å²) in [6.07, 6.45) is 0. The van der Waals surface area contributed by atoms with Gasteiger partial charge in [-0.2, -0.15) is 0 Å². The van der Waals surface area contributed by atoms with Crippen molar-refractivity contribution >= 4 is 50.1 Å². The molecular weight excluding hydrogens is 410 g/mol. The summed E-state index contributed by atoms with van der Waals surface area (Å²) in [7, 11) is 1.82. The summed E-state index contributed by atoms with van der Waals surface area (Å²) >= 11 is 6.80. The molecule has 10 heteroatoms. The van der Waals surface area contributed by atoms with Crippen LogP contribution in [-0.2, 0) is 12.8 Å². The van der Waals surface area contributed by atoms with Gasteiger partial charge >= 0.3 is 0 Å². The van der Waals surface area contributed by atoms with Crippen molar-refractivity contribution in [2.75, 3.05) is 0 Å². The van der Waals surface area contributed by atoms with Crippen LogP contribution in [0.2, 0.25) is 0 Å². The number of nitrogens with zero attached hydrogens (tertiary/aromatic N) is 7. The Morgan fingerprint density at radius 1 is 1.29 bits per heavy atom. The van der Waals surface area contributed by atoms with E-state index >= 15 is 0 Å². The highest BCUT2D eigenvalue weighted by molar-refractivity contribution is 9.10. The van der Waals surface area contributed by atoms with Crippen molar-refractivity contribution < 1.29 is 0 Å². The normalized spacial score (nSPS) is 11.5. The number of thiazole rings is 1. The Kier molecular flexibility index (Phi) is 4.10. The first-order valence-corrected chi connectivity index (χ1v) is 9.72. The monoisotopic (exact) mass is 421 g/mol. The van der Waals surface area contributed by atoms with E-state index in [9.17, 15) is 0 Å². The van der Waals surface area contributed by atoms with Crippen LogP contribution in [-0.4, -0.2) is 34.7 Å². The second-order valence-electron chi connectivity index (χ2n) is 5.11. The third-order valence-corrected chi connectivity index (χ3v) is 5.69. The lowest BCUT2D eigenvalue weighted by Gasteiger charge is -2.06. The van der Waals surface area contributed by atoms with Gasteiger partial charge in [-0.15, -0.1) is 11.3 Å². The van der Waals surface area contributed by atoms with Crippen LogP contribution in [0.4, 0.5) is 0 Å². The van der Waals surface area contributed by atoms with Gasteiger partial charge in [-0.05, 0) is 35.5 Å². The molecule has 4 aromatic rings. The first-order chi connectivity index (χ1) is 11.6. The number of aromatic nitrogens is 7. The third kappa shape index (κ3) is 2.85. The van der Waals surface area contributed by atoms with Crippen LogP contribution < -0.4 is 0 Å². The van der Waals surface area contributed by atoms with Crippen LogP contribution in [0.5, 0.6) is 0 Å². The lowest BCUT2D eigenvalue weighted by Crippen LogP contribution is -2.05. The quantitative estimate of drug-likeness (QED) is 0.470. The van der Waals surface area contributed by atoms with Gasteiger partial charge in [0.05, 0.1) is 21.7 Å². The molecule has 0 aliphatic rings. The molecule has 0 spiro atoms. The maximum absolute atomic E-state index is 4.74. The Labute approximate surface area is 154 Å². The number of hydrogen-bond acceptors (Lipinski definition) is 7. The lowest BCUT2D eigenvalue weighted by molar-refractivity contribution is 0.682. The van der Waals surface area contributed by atoms with Gasteiger partial charge in [0.15, 0.2) is 5.16 Å². The van der Waals surface area contributed by atoms with Gasteiger partial charge < -0.3 is 0 Å². The summed E-state index contributed by atoms with van der Waals surface area (Å²) in [5.41, 5.74) is 2.91. The number of tetrazole rings is 1. The number of thioether (sulfide) groups is 1. The fourth-order valence-electron chi connectivity index (χ4n) is 2.34. The van der Waals surface area contributed by atoms with Crippen LogP contribution in [0.25, 0.3) is 17.0 Å². The van der Waals surface area contributed by atoms with E-state index in [1.165, 1.54) is 0 Å². The molecule has 0 unspecified atom stereocenters. The van der Waals surface area contributed by atoms with E-state index in [1.807, 2.05) is 36.7 Å². The number of halogens is 1. The van der Waals surface area contributed by atoms with E-state index in [0.717, 1.165) is 37.1 Å². The largest absolute Gasteiger partial charge is 0.256 e. The molecule has 0 N–H and O–H groups in total. The van der Waals surface area contributed by atoms with Crippen LogP contribution >= 0.6 is 39.0 Å². The standard InChI is InChI=1S/C14H12BrN7S2/c1-8-16-10(6-23-8)7-24-14-17-11-4-3-9(15)5-12(11)22(14)13-18-19-20-21(13)2/h3-6H,7H2,1-2H3. The molecule has 0 radical (unpaired) electrons. The SMILES string of the molecule is Cc1nc(CSc2nc3ccc(Br)cc3n2-c2nnnn2C)cs1. The number of hydrogen-bond donors (Lipinski definition) is 0. The van der Waals surface area contributed by atoms with Gasteiger partial charge in [-0.25, -0.2) is 14.6 Å². The third-order valence-electron chi connectivity index (χ3n) is 3.40. The summed E-state index contributed by atoms with van der Waals surface area (Å²) < 4.78 is 4.60. The van der Waals surface area contributed by atoms with Gasteiger partial charge in [0.1, 0.15) is 0 Å². The summed E-state index contributed by atoms with van der Waals surface area (Å²) in [6.45, 7) is 2.01. The van der Waals surface area contributed by atoms with E-state index in [1.54, 1.807) is 27.8 Å². The first-order valence-electron chi connectivity index (χ1n) is 7.06. The summed E-state index contributed by atoms with van der Waals surface area (Å²) in [6, 6.07) is 5.98. The van der Waals surface area contributed by atoms with Crippen molar-refractivity contribution in [3.8, 4) is 5.95 Å². The van der Waals surface area contributed by atoms with E-state index in [2.05, 4.69) is 41.8 Å². The van der Waals surface area contributed by atoms with E-state index in [4.69, 9.17) is 4.98 Å². The molecule has 4 rings (SSSR count). The van der Waals surface area contributed by atoms with Crippen molar-refractivity contribution in [2.24, 2.45) is 7.05 Å². The first kappa shape index (κ1) is 15.7. The summed E-state index contributed by atoms with van der Waals surface area (Å²) in [4.78, 5) is 9.26. The predicted molar refractivity (Wildman–Crippen MR) is 97.5 cm³/mol. The number of imidazole rings is 1. The fraction of sp³-hybridized carbons (Fsp3) is 0.214. The zero-order chi connectivity index (χ0) is 16.7. The highest BCUT2D eigenvalue weighted by Crippen LogP contribution is 2.30. The Hall–Kier alpha value is -1.78. The zero-order valence-corrected chi connectivity index (χ0v) is 16.1. The summed E-state index contributed by atoms with van der Waals surface area (Å²) in [5.74, 6) is 1.38. The molecule has 0 atom stereocenters. The molecule has 1 aromatic carbocycles. The van der Waals surface area contributed by atoms with Crippen molar-refractivity contribution in [1.82, 2.24) is 34.7 Å². The van der Waals surface area contributed by atoms with Crippen LogP contribution in [0.1, 0.15) is 10.7 Å². The molecule has 0 fully saturated rings. The molecular formula is C14H12BrN7S2. The second kappa shape index (κ2) is 6.26. The van der Waals surface area contributed by atoms with Crippen molar-refractivity contribution in [2.45, 2.75) is 17.8 Å². The Bertz CT molecular complexity index is 1020. The Morgan fingerprint density at radius 2 is 2.17 bits per heavy atom. The van der Waals surface area contributed by atoms with Crippen LogP contribution in [0, 0.1) is 6.92 Å². The molecule has 24 heavy (non-hydrogen) atoms. The maximum atomic E-state index is 4.74. The van der Waals surface area contributed by atoms with Crippen molar-refractivity contribution in [1.29, 1.82) is 0 Å². The van der Waals surface area contributed by atoms with Gasteiger partial charge in [0.2, 0.25) is 0 Å². The summed E-state index contributed by atoms with van der Waals surface area (Å²) in [5, 5.41) is 15.8. The molecule has 3 heterocycles. The van der Waals surface area contributed by atoms with Gasteiger partial charge in [-0.3, -0.25) is 4.57 Å². The maximum Gasteiger partial charge on any atom is 0.256 e. The molecule has 0 saturated carbocycles. The predicted octanol–water partition coefficient (Wildman–Crippen LogP) is 3.37. The highest BCUT2D eigenvalue weighted by Gasteiger charge is 2.18. The highest BCUT2D eigenvalue weighted by atomic mass is 79.9. The molecule has 0 aliphatic carbocycles. The second-order valence-corrected chi connectivity index (χ2v) is 8.03. The molecule has 3 aromatic heterocycles. The topological polar surface area (TPSA) is 74.3 Å². The van der Waals surface area contributed by atoms with Gasteiger partial charge in [0.25, 0.3) is 5.95 Å². The van der Waals surface area contributed by atoms with E-state index < -0.39 is 0 Å². The molecule has 7 nitrogen and oxygen atoms in total. The minimum absolute atomic E-state index is 0.632. The minimum Gasteiger partial charge on any atom is -0.254 e. The smallest absolute Gasteiger partial charge is 0.254 e. The zero-order valence-electron chi connectivity index (χ0n) is 12.8. The van der Waals surface area contributed by atoms with Gasteiger partial charge in [0, 0.05) is 22.7 Å². The minimum atomic E-state index is 0.632. The molecule has 0 bridgehead atoms. The Morgan fingerprint density at radius 3 is 2.88 bits per heavy atom. The van der Waals surface area contributed by atoms with Crippen molar-refractivity contribution in [3.63, 3.8) is 0 Å². The molecule has 122 valence electrons. The Balaban J connectivity index is 1.80. The van der Waals surface area contributed by atoms with E-state index in [0.29, 0.717) is 5.95 Å². The number of fused-ring (bicyclic) bond motifs is 1. The van der Waals surface area contributed by atoms with Crippen LogP contribution in [0.3, 0.4) is 0 Å². The average molecular weight is 422 g/mol. The molecule has 0 amide bonds. The average Bonchev–Trinajstić information content (AvgIpc) is 3.23. The van der Waals surface area contributed by atoms with Crippen molar-refractivity contribution in [3.05, 3.63) is 38.8 Å². The molecule has 0 aliphatic heterocycles. The van der Waals surface area contributed by atoms with Gasteiger partial charge in [-0.1, -0.05) is 32.8 Å². The van der Waals surface area contributed by atoms with E-state index in [-0.39, 0.29) is 0 Å².